The summed E-state index contributed by atoms with van der Waals surface area (Å²) in [5.41, 5.74) is 2.38. The fourth-order valence-corrected chi connectivity index (χ4v) is 3.20. The molecule has 1 aliphatic rings. The monoisotopic (exact) mass is 355 g/mol. The Morgan fingerprint density at radius 1 is 1.19 bits per heavy atom. The van der Waals surface area contributed by atoms with Gasteiger partial charge in [-0.15, -0.1) is 0 Å². The van der Waals surface area contributed by atoms with Gasteiger partial charge < -0.3 is 14.6 Å². The number of rotatable bonds is 5. The third kappa shape index (κ3) is 4.14. The van der Waals surface area contributed by atoms with Crippen molar-refractivity contribution in [2.45, 2.75) is 39.5 Å². The van der Waals surface area contributed by atoms with Gasteiger partial charge in [-0.2, -0.15) is 0 Å². The Morgan fingerprint density at radius 3 is 2.62 bits per heavy atom. The number of benzene rings is 1. The largest absolute Gasteiger partial charge is 0.459 e. The van der Waals surface area contributed by atoms with Crippen LogP contribution in [0.1, 0.15) is 42.9 Å². The van der Waals surface area contributed by atoms with Crippen molar-refractivity contribution < 1.29 is 14.3 Å². The summed E-state index contributed by atoms with van der Waals surface area (Å²) in [6, 6.07) is 11.1. The van der Waals surface area contributed by atoms with Gasteiger partial charge in [0.25, 0.3) is 0 Å². The zero-order valence-corrected chi connectivity index (χ0v) is 15.4. The molecule has 0 unspecified atom stereocenters. The topological polar surface area (TPSA) is 63.6 Å². The van der Waals surface area contributed by atoms with Crippen molar-refractivity contribution in [3.05, 3.63) is 53.9 Å². The van der Waals surface area contributed by atoms with E-state index in [-0.39, 0.29) is 24.0 Å². The van der Waals surface area contributed by atoms with Crippen LogP contribution in [0.5, 0.6) is 0 Å². The van der Waals surface area contributed by atoms with Gasteiger partial charge in [0.2, 0.25) is 5.91 Å². The number of hydrogen-bond donors (Lipinski definition) is 1. The molecule has 1 amide bonds. The summed E-state index contributed by atoms with van der Waals surface area (Å²) >= 11 is 0. The van der Waals surface area contributed by atoms with E-state index >= 15 is 0 Å². The highest BCUT2D eigenvalue weighted by atomic mass is 16.5. The molecule has 0 spiro atoms. The van der Waals surface area contributed by atoms with E-state index in [4.69, 9.17) is 4.74 Å². The zero-order valence-electron chi connectivity index (χ0n) is 15.4. The number of anilines is 1. The van der Waals surface area contributed by atoms with E-state index in [1.165, 1.54) is 5.69 Å². The van der Waals surface area contributed by atoms with Crippen LogP contribution in [0.25, 0.3) is 0 Å². The van der Waals surface area contributed by atoms with E-state index in [9.17, 15) is 9.59 Å². The number of amides is 1. The second-order valence-corrected chi connectivity index (χ2v) is 6.85. The molecule has 1 atom stereocenters. The van der Waals surface area contributed by atoms with Crippen molar-refractivity contribution in [3.63, 3.8) is 0 Å². The van der Waals surface area contributed by atoms with Gasteiger partial charge in [0.15, 0.2) is 0 Å². The van der Waals surface area contributed by atoms with Gasteiger partial charge >= 0.3 is 5.97 Å². The molecule has 138 valence electrons. The Morgan fingerprint density at radius 2 is 1.92 bits per heavy atom. The summed E-state index contributed by atoms with van der Waals surface area (Å²) in [5, 5.41) is 2.89. The second-order valence-electron chi connectivity index (χ2n) is 6.85. The Bertz CT molecular complexity index is 780. The number of fused-ring (bicyclic) bond motifs is 1. The lowest BCUT2D eigenvalue weighted by Crippen LogP contribution is -2.41. The van der Waals surface area contributed by atoms with E-state index in [1.54, 1.807) is 24.3 Å². The first-order valence-corrected chi connectivity index (χ1v) is 8.94. The van der Waals surface area contributed by atoms with E-state index in [2.05, 4.69) is 34.0 Å². The predicted octanol–water partition coefficient (Wildman–Crippen LogP) is 3.07. The third-order valence-electron chi connectivity index (χ3n) is 4.56. The molecular formula is C20H25N3O3. The van der Waals surface area contributed by atoms with Crippen molar-refractivity contribution in [3.8, 4) is 0 Å². The molecule has 1 aliphatic heterocycles. The fourth-order valence-electron chi connectivity index (χ4n) is 3.20. The van der Waals surface area contributed by atoms with Crippen LogP contribution in [0.3, 0.4) is 0 Å². The number of carbonyl (C=O) groups is 2. The van der Waals surface area contributed by atoms with Crippen molar-refractivity contribution in [2.75, 3.05) is 18.4 Å². The van der Waals surface area contributed by atoms with Crippen molar-refractivity contribution >= 4 is 17.6 Å². The lowest BCUT2D eigenvalue weighted by Gasteiger charge is -2.34. The number of nitrogens with one attached hydrogen (secondary N) is 1. The Balaban J connectivity index is 1.56. The molecule has 2 heterocycles. The summed E-state index contributed by atoms with van der Waals surface area (Å²) in [5.74, 6) is -0.419. The molecule has 26 heavy (non-hydrogen) atoms. The zero-order chi connectivity index (χ0) is 18.7. The highest BCUT2D eigenvalue weighted by Crippen LogP contribution is 2.24. The maximum Gasteiger partial charge on any atom is 0.338 e. The molecule has 0 saturated carbocycles. The lowest BCUT2D eigenvalue weighted by molar-refractivity contribution is -0.118. The second kappa shape index (κ2) is 7.74. The van der Waals surface area contributed by atoms with Crippen LogP contribution in [-0.4, -0.2) is 40.5 Å². The summed E-state index contributed by atoms with van der Waals surface area (Å²) in [7, 11) is 0. The molecule has 0 fully saturated rings. The van der Waals surface area contributed by atoms with Crippen LogP contribution in [0.4, 0.5) is 5.69 Å². The quantitative estimate of drug-likeness (QED) is 0.837. The Kier molecular flexibility index (Phi) is 5.42. The summed E-state index contributed by atoms with van der Waals surface area (Å²) < 4.78 is 7.39. The molecular weight excluding hydrogens is 330 g/mol. The maximum absolute atomic E-state index is 12.4. The number of aromatic nitrogens is 1. The lowest BCUT2D eigenvalue weighted by atomic mass is 10.1. The van der Waals surface area contributed by atoms with Crippen molar-refractivity contribution in [2.24, 2.45) is 0 Å². The number of hydrogen-bond acceptors (Lipinski definition) is 4. The van der Waals surface area contributed by atoms with E-state index in [1.807, 2.05) is 19.9 Å². The number of ether oxygens (including phenoxy) is 1. The first-order valence-electron chi connectivity index (χ1n) is 8.94. The highest BCUT2D eigenvalue weighted by Gasteiger charge is 2.25. The Hall–Kier alpha value is -2.60. The summed E-state index contributed by atoms with van der Waals surface area (Å²) in [6.07, 6.45) is 1.92. The molecule has 0 saturated heterocycles. The standard InChI is InChI=1S/C20H25N3O3/c1-14(2)26-20(25)16-6-8-17(9-7-16)21-19(24)13-23-12-11-22-10-4-5-18(22)15(23)3/h4-10,14-15H,11-13H2,1-3H3,(H,21,24)/t15-/m0/s1. The minimum Gasteiger partial charge on any atom is -0.459 e. The van der Waals surface area contributed by atoms with Gasteiger partial charge in [0.1, 0.15) is 0 Å². The van der Waals surface area contributed by atoms with Gasteiger partial charge in [0, 0.05) is 36.7 Å². The SMILES string of the molecule is CC(C)OC(=O)c1ccc(NC(=O)CN2CCn3cccc3[C@@H]2C)cc1. The summed E-state index contributed by atoms with van der Waals surface area (Å²) in [6.45, 7) is 7.82. The molecule has 1 aromatic carbocycles. The van der Waals surface area contributed by atoms with Crippen LogP contribution in [-0.2, 0) is 16.1 Å². The van der Waals surface area contributed by atoms with E-state index < -0.39 is 0 Å². The average Bonchev–Trinajstić information content (AvgIpc) is 3.07. The Labute approximate surface area is 153 Å². The number of esters is 1. The normalized spacial score (nSPS) is 17.0. The molecule has 3 rings (SSSR count). The average molecular weight is 355 g/mol. The van der Waals surface area contributed by atoms with Crippen LogP contribution in [0, 0.1) is 0 Å². The molecule has 0 aliphatic carbocycles. The van der Waals surface area contributed by atoms with Crippen molar-refractivity contribution in [1.82, 2.24) is 9.47 Å². The van der Waals surface area contributed by atoms with Crippen LogP contribution in [0.15, 0.2) is 42.6 Å². The maximum atomic E-state index is 12.4. The van der Waals surface area contributed by atoms with Gasteiger partial charge in [-0.25, -0.2) is 4.79 Å². The van der Waals surface area contributed by atoms with Crippen molar-refractivity contribution in [1.29, 1.82) is 0 Å². The summed E-state index contributed by atoms with van der Waals surface area (Å²) in [4.78, 5) is 26.4. The molecule has 6 nitrogen and oxygen atoms in total. The molecule has 0 bridgehead atoms. The predicted molar refractivity (Wildman–Crippen MR) is 100 cm³/mol. The molecule has 6 heteroatoms. The third-order valence-corrected chi connectivity index (χ3v) is 4.56. The smallest absolute Gasteiger partial charge is 0.338 e. The molecule has 1 N–H and O–H groups in total. The van der Waals surface area contributed by atoms with E-state index in [0.29, 0.717) is 17.8 Å². The van der Waals surface area contributed by atoms with Crippen LogP contribution in [0.2, 0.25) is 0 Å². The van der Waals surface area contributed by atoms with Crippen LogP contribution >= 0.6 is 0 Å². The van der Waals surface area contributed by atoms with E-state index in [0.717, 1.165) is 13.1 Å². The fraction of sp³-hybridized carbons (Fsp3) is 0.400. The highest BCUT2D eigenvalue weighted by molar-refractivity contribution is 5.94. The van der Waals surface area contributed by atoms with Gasteiger partial charge in [0.05, 0.1) is 18.2 Å². The first kappa shape index (κ1) is 18.2. The molecule has 2 aromatic rings. The van der Waals surface area contributed by atoms with Gasteiger partial charge in [-0.3, -0.25) is 9.69 Å². The van der Waals surface area contributed by atoms with Gasteiger partial charge in [-0.1, -0.05) is 0 Å². The number of carbonyl (C=O) groups excluding carboxylic acids is 2. The van der Waals surface area contributed by atoms with Crippen LogP contribution < -0.4 is 5.32 Å². The first-order chi connectivity index (χ1) is 12.4. The molecule has 1 aromatic heterocycles. The number of nitrogens with zero attached hydrogens (tertiary/aromatic N) is 2. The minimum absolute atomic E-state index is 0.0608. The molecule has 0 radical (unpaired) electrons. The minimum atomic E-state index is -0.358. The van der Waals surface area contributed by atoms with Gasteiger partial charge in [-0.05, 0) is 57.2 Å².